The number of nitro groups is 1. The van der Waals surface area contributed by atoms with E-state index in [1.807, 2.05) is 0 Å². The molecule has 0 amide bonds. The molecular weight excluding hydrogens is 238 g/mol. The van der Waals surface area contributed by atoms with Crippen molar-refractivity contribution in [1.82, 2.24) is 20.2 Å². The van der Waals surface area contributed by atoms with Gasteiger partial charge in [0.1, 0.15) is 6.54 Å². The lowest BCUT2D eigenvalue weighted by Crippen LogP contribution is -2.11. The lowest BCUT2D eigenvalue weighted by Gasteiger charge is -2.02. The Morgan fingerprint density at radius 3 is 3.00 bits per heavy atom. The predicted molar refractivity (Wildman–Crippen MR) is 58.6 cm³/mol. The summed E-state index contributed by atoms with van der Waals surface area (Å²) in [4.78, 5) is 21.9. The number of rotatable bonds is 1. The fourth-order valence-electron chi connectivity index (χ4n) is 2.00. The normalized spacial score (nSPS) is 13.7. The van der Waals surface area contributed by atoms with Gasteiger partial charge in [-0.05, 0) is 22.1 Å². The maximum Gasteiger partial charge on any atom is 0.269 e. The summed E-state index contributed by atoms with van der Waals surface area (Å²) < 4.78 is 1.40. The van der Waals surface area contributed by atoms with Gasteiger partial charge in [-0.15, -0.1) is 5.10 Å². The Morgan fingerprint density at radius 1 is 1.39 bits per heavy atom. The molecule has 0 atom stereocenters. The first-order chi connectivity index (χ1) is 8.65. The van der Waals surface area contributed by atoms with E-state index in [9.17, 15) is 14.9 Å². The first kappa shape index (κ1) is 10.5. The van der Waals surface area contributed by atoms with Crippen molar-refractivity contribution in [3.8, 4) is 11.4 Å². The standard InChI is InChI=1S/C10H7N5O3/c16-8-4-6-3-7(15(17)18)1-2-9(6)10-11-12-13-14(10)5-8/h1-3H,4-5H2. The van der Waals surface area contributed by atoms with E-state index in [1.54, 1.807) is 6.07 Å². The SMILES string of the molecule is O=C1Cc2cc([N+](=O)[O-])ccc2-c2nnnn2C1. The van der Waals surface area contributed by atoms with Crippen molar-refractivity contribution in [2.75, 3.05) is 0 Å². The van der Waals surface area contributed by atoms with Gasteiger partial charge in [0.2, 0.25) is 0 Å². The molecule has 8 heteroatoms. The van der Waals surface area contributed by atoms with Gasteiger partial charge in [0.15, 0.2) is 11.6 Å². The summed E-state index contributed by atoms with van der Waals surface area (Å²) in [6.45, 7) is 0.0881. The van der Waals surface area contributed by atoms with Crippen LogP contribution in [-0.4, -0.2) is 30.9 Å². The summed E-state index contributed by atoms with van der Waals surface area (Å²) in [5.41, 5.74) is 1.21. The molecule has 1 aromatic heterocycles. The molecule has 3 rings (SSSR count). The van der Waals surface area contributed by atoms with E-state index in [2.05, 4.69) is 15.5 Å². The zero-order valence-electron chi connectivity index (χ0n) is 9.11. The number of nitrogens with zero attached hydrogens (tertiary/aromatic N) is 5. The van der Waals surface area contributed by atoms with Crippen molar-refractivity contribution in [2.45, 2.75) is 13.0 Å². The number of fused-ring (bicyclic) bond motifs is 3. The molecule has 2 heterocycles. The number of hydrogen-bond acceptors (Lipinski definition) is 6. The van der Waals surface area contributed by atoms with E-state index >= 15 is 0 Å². The molecule has 0 unspecified atom stereocenters. The summed E-state index contributed by atoms with van der Waals surface area (Å²) in [6.07, 6.45) is 0.141. The highest BCUT2D eigenvalue weighted by Crippen LogP contribution is 2.28. The number of carbonyl (C=O) groups is 1. The van der Waals surface area contributed by atoms with Gasteiger partial charge in [-0.1, -0.05) is 0 Å². The van der Waals surface area contributed by atoms with Crippen LogP contribution in [0.5, 0.6) is 0 Å². The fraction of sp³-hybridized carbons (Fsp3) is 0.200. The second-order valence-corrected chi connectivity index (χ2v) is 3.97. The minimum Gasteiger partial charge on any atom is -0.297 e. The zero-order valence-corrected chi connectivity index (χ0v) is 9.11. The van der Waals surface area contributed by atoms with Crippen molar-refractivity contribution >= 4 is 11.5 Å². The van der Waals surface area contributed by atoms with Crippen molar-refractivity contribution in [3.05, 3.63) is 33.9 Å². The third-order valence-electron chi connectivity index (χ3n) is 2.79. The first-order valence-corrected chi connectivity index (χ1v) is 5.21. The number of nitro benzene ring substituents is 1. The van der Waals surface area contributed by atoms with Crippen molar-refractivity contribution in [2.24, 2.45) is 0 Å². The Morgan fingerprint density at radius 2 is 2.22 bits per heavy atom. The highest BCUT2D eigenvalue weighted by Gasteiger charge is 2.23. The van der Waals surface area contributed by atoms with Crippen LogP contribution >= 0.6 is 0 Å². The van der Waals surface area contributed by atoms with Gasteiger partial charge in [-0.3, -0.25) is 14.9 Å². The van der Waals surface area contributed by atoms with E-state index in [4.69, 9.17) is 0 Å². The van der Waals surface area contributed by atoms with E-state index < -0.39 is 4.92 Å². The second kappa shape index (κ2) is 3.69. The highest BCUT2D eigenvalue weighted by molar-refractivity contribution is 5.85. The van der Waals surface area contributed by atoms with Gasteiger partial charge in [0, 0.05) is 24.1 Å². The van der Waals surface area contributed by atoms with E-state index in [0.717, 1.165) is 0 Å². The molecule has 8 nitrogen and oxygen atoms in total. The Kier molecular flexibility index (Phi) is 2.15. The lowest BCUT2D eigenvalue weighted by molar-refractivity contribution is -0.384. The Labute approximate surface area is 100 Å². The van der Waals surface area contributed by atoms with Crippen LogP contribution in [0.4, 0.5) is 5.69 Å². The highest BCUT2D eigenvalue weighted by atomic mass is 16.6. The van der Waals surface area contributed by atoms with Gasteiger partial charge in [-0.2, -0.15) is 0 Å². The van der Waals surface area contributed by atoms with Gasteiger partial charge in [0.05, 0.1) is 4.92 Å². The van der Waals surface area contributed by atoms with Gasteiger partial charge >= 0.3 is 0 Å². The Balaban J connectivity index is 2.22. The molecule has 0 fully saturated rings. The maximum atomic E-state index is 11.7. The quantitative estimate of drug-likeness (QED) is 0.531. The number of aromatic nitrogens is 4. The fourth-order valence-corrected chi connectivity index (χ4v) is 2.00. The molecular formula is C10H7N5O3. The van der Waals surface area contributed by atoms with E-state index in [1.165, 1.54) is 16.8 Å². The van der Waals surface area contributed by atoms with Crippen LogP contribution in [0.15, 0.2) is 18.2 Å². The average Bonchev–Trinajstić information content (AvgIpc) is 2.71. The van der Waals surface area contributed by atoms with Gasteiger partial charge < -0.3 is 0 Å². The minimum absolute atomic E-state index is 0.0394. The summed E-state index contributed by atoms with van der Waals surface area (Å²) in [6, 6.07) is 4.36. The molecule has 18 heavy (non-hydrogen) atoms. The maximum absolute atomic E-state index is 11.7. The molecule has 90 valence electrons. The summed E-state index contributed by atoms with van der Waals surface area (Å²) >= 11 is 0. The molecule has 0 bridgehead atoms. The van der Waals surface area contributed by atoms with Crippen LogP contribution in [0, 0.1) is 10.1 Å². The number of hydrogen-bond donors (Lipinski definition) is 0. The molecule has 1 aliphatic rings. The van der Waals surface area contributed by atoms with Crippen molar-refractivity contribution in [1.29, 1.82) is 0 Å². The van der Waals surface area contributed by atoms with E-state index in [-0.39, 0.29) is 24.4 Å². The molecule has 2 aromatic rings. The number of tetrazole rings is 1. The number of ketones is 1. The molecule has 0 saturated heterocycles. The number of benzene rings is 1. The van der Waals surface area contributed by atoms with Crippen LogP contribution < -0.4 is 0 Å². The number of non-ortho nitro benzene ring substituents is 1. The Bertz CT molecular complexity index is 663. The monoisotopic (exact) mass is 245 g/mol. The minimum atomic E-state index is -0.487. The Hall–Kier alpha value is -2.64. The third kappa shape index (κ3) is 1.54. The summed E-state index contributed by atoms with van der Waals surface area (Å²) in [5, 5.41) is 21.8. The molecule has 0 radical (unpaired) electrons. The smallest absolute Gasteiger partial charge is 0.269 e. The molecule has 0 N–H and O–H groups in total. The largest absolute Gasteiger partial charge is 0.297 e. The molecule has 0 spiro atoms. The molecule has 1 aliphatic heterocycles. The van der Waals surface area contributed by atoms with Crippen LogP contribution in [0.2, 0.25) is 0 Å². The van der Waals surface area contributed by atoms with Crippen molar-refractivity contribution in [3.63, 3.8) is 0 Å². The van der Waals surface area contributed by atoms with Crippen LogP contribution in [0.25, 0.3) is 11.4 Å². The van der Waals surface area contributed by atoms with E-state index in [0.29, 0.717) is 17.0 Å². The second-order valence-electron chi connectivity index (χ2n) is 3.97. The van der Waals surface area contributed by atoms with Crippen LogP contribution in [0.3, 0.4) is 0 Å². The van der Waals surface area contributed by atoms with Gasteiger partial charge in [-0.25, -0.2) is 4.68 Å². The first-order valence-electron chi connectivity index (χ1n) is 5.21. The zero-order chi connectivity index (χ0) is 12.7. The lowest BCUT2D eigenvalue weighted by atomic mass is 10.0. The number of carbonyl (C=O) groups excluding carboxylic acids is 1. The third-order valence-corrected chi connectivity index (χ3v) is 2.79. The average molecular weight is 245 g/mol. The summed E-state index contributed by atoms with van der Waals surface area (Å²) in [5.74, 6) is 0.383. The summed E-state index contributed by atoms with van der Waals surface area (Å²) in [7, 11) is 0. The van der Waals surface area contributed by atoms with Crippen LogP contribution in [0.1, 0.15) is 5.56 Å². The predicted octanol–water partition coefficient (Wildman–Crippen LogP) is 0.373. The topological polar surface area (TPSA) is 104 Å². The molecule has 1 aromatic carbocycles. The number of Topliss-reactive ketones (excluding diaryl/α,β-unsaturated/α-hetero) is 1. The molecule has 0 aliphatic carbocycles. The van der Waals surface area contributed by atoms with Crippen molar-refractivity contribution < 1.29 is 9.72 Å². The van der Waals surface area contributed by atoms with Crippen LogP contribution in [-0.2, 0) is 17.8 Å². The van der Waals surface area contributed by atoms with Gasteiger partial charge in [0.25, 0.3) is 5.69 Å². The molecule has 0 saturated carbocycles.